The fourth-order valence-electron chi connectivity index (χ4n) is 3.50. The summed E-state index contributed by atoms with van der Waals surface area (Å²) in [6.07, 6.45) is 0. The number of aryl methyl sites for hydroxylation is 2. The van der Waals surface area contributed by atoms with Gasteiger partial charge in [-0.2, -0.15) is 0 Å². The molecule has 168 valence electrons. The van der Waals surface area contributed by atoms with Crippen molar-refractivity contribution >= 4 is 21.6 Å². The molecule has 3 aromatic rings. The maximum atomic E-state index is 13.5. The summed E-state index contributed by atoms with van der Waals surface area (Å²) < 4.78 is 33.6. The van der Waals surface area contributed by atoms with Crippen LogP contribution in [0.1, 0.15) is 29.7 Å². The lowest BCUT2D eigenvalue weighted by atomic mass is 10.1. The van der Waals surface area contributed by atoms with Crippen molar-refractivity contribution in [2.45, 2.75) is 31.7 Å². The van der Waals surface area contributed by atoms with Crippen LogP contribution in [0.5, 0.6) is 5.75 Å². The molecule has 1 amide bonds. The Morgan fingerprint density at radius 1 is 0.969 bits per heavy atom. The molecule has 0 saturated heterocycles. The Kier molecular flexibility index (Phi) is 7.20. The van der Waals surface area contributed by atoms with E-state index in [2.05, 4.69) is 5.32 Å². The van der Waals surface area contributed by atoms with Gasteiger partial charge in [0, 0.05) is 5.56 Å². The maximum absolute atomic E-state index is 13.5. The highest BCUT2D eigenvalue weighted by Crippen LogP contribution is 2.28. The molecule has 0 bridgehead atoms. The van der Waals surface area contributed by atoms with Crippen molar-refractivity contribution < 1.29 is 17.9 Å². The van der Waals surface area contributed by atoms with E-state index >= 15 is 0 Å². The molecule has 1 atom stereocenters. The van der Waals surface area contributed by atoms with Crippen LogP contribution >= 0.6 is 0 Å². The first-order chi connectivity index (χ1) is 15.2. The van der Waals surface area contributed by atoms with Gasteiger partial charge in [-0.15, -0.1) is 0 Å². The molecular weight excluding hydrogens is 424 g/mol. The number of carbonyl (C=O) groups excluding carboxylic acids is 1. The zero-order chi connectivity index (χ0) is 23.3. The summed E-state index contributed by atoms with van der Waals surface area (Å²) in [5.74, 6) is 0.241. The second kappa shape index (κ2) is 9.87. The molecule has 32 heavy (non-hydrogen) atoms. The van der Waals surface area contributed by atoms with E-state index in [4.69, 9.17) is 4.74 Å². The Morgan fingerprint density at radius 3 is 2.25 bits per heavy atom. The highest BCUT2D eigenvalue weighted by molar-refractivity contribution is 7.92. The average Bonchev–Trinajstić information content (AvgIpc) is 2.78. The van der Waals surface area contributed by atoms with Crippen molar-refractivity contribution in [3.05, 3.63) is 89.5 Å². The van der Waals surface area contributed by atoms with E-state index in [0.29, 0.717) is 11.4 Å². The Bertz CT molecular complexity index is 1190. The van der Waals surface area contributed by atoms with Gasteiger partial charge >= 0.3 is 0 Å². The summed E-state index contributed by atoms with van der Waals surface area (Å²) in [5.41, 5.74) is 2.99. The summed E-state index contributed by atoms with van der Waals surface area (Å²) in [5, 5.41) is 2.90. The van der Waals surface area contributed by atoms with Crippen molar-refractivity contribution in [3.8, 4) is 5.75 Å². The molecule has 0 spiro atoms. The third kappa shape index (κ3) is 5.11. The Morgan fingerprint density at radius 2 is 1.59 bits per heavy atom. The smallest absolute Gasteiger partial charge is 0.264 e. The molecule has 0 aliphatic heterocycles. The molecule has 0 heterocycles. The third-order valence-electron chi connectivity index (χ3n) is 5.26. The molecule has 0 aliphatic rings. The molecule has 3 rings (SSSR count). The fraction of sp³-hybridized carbons (Fsp3) is 0.240. The van der Waals surface area contributed by atoms with Crippen molar-refractivity contribution in [1.29, 1.82) is 0 Å². The summed E-state index contributed by atoms with van der Waals surface area (Å²) in [4.78, 5) is 13.1. The van der Waals surface area contributed by atoms with E-state index in [1.165, 1.54) is 0 Å². The van der Waals surface area contributed by atoms with Gasteiger partial charge in [0.15, 0.2) is 0 Å². The van der Waals surface area contributed by atoms with Gasteiger partial charge in [0.25, 0.3) is 10.0 Å². The standard InChI is InChI=1S/C25H28N2O4S/c1-18-13-15-21(16-14-18)32(29,30)27(23-11-7-5-9-19(23)2)17-25(28)26-20(3)22-10-6-8-12-24(22)31-4/h5-16,20H,17H2,1-4H3,(H,26,28)/t20-/m1/s1. The number of para-hydroxylation sites is 2. The van der Waals surface area contributed by atoms with Gasteiger partial charge in [-0.25, -0.2) is 8.42 Å². The predicted octanol–water partition coefficient (Wildman–Crippen LogP) is 4.38. The van der Waals surface area contributed by atoms with E-state index < -0.39 is 15.9 Å². The van der Waals surface area contributed by atoms with E-state index in [1.807, 2.05) is 57.2 Å². The van der Waals surface area contributed by atoms with Crippen molar-refractivity contribution in [1.82, 2.24) is 5.32 Å². The lowest BCUT2D eigenvalue weighted by Crippen LogP contribution is -2.42. The summed E-state index contributed by atoms with van der Waals surface area (Å²) >= 11 is 0. The van der Waals surface area contributed by atoms with Crippen LogP contribution in [0, 0.1) is 13.8 Å². The minimum absolute atomic E-state index is 0.136. The van der Waals surface area contributed by atoms with Crippen LogP contribution in [-0.2, 0) is 14.8 Å². The fourth-order valence-corrected chi connectivity index (χ4v) is 4.99. The van der Waals surface area contributed by atoms with Crippen LogP contribution < -0.4 is 14.4 Å². The number of hydrogen-bond acceptors (Lipinski definition) is 4. The van der Waals surface area contributed by atoms with Crippen LogP contribution in [0.25, 0.3) is 0 Å². The monoisotopic (exact) mass is 452 g/mol. The molecule has 6 nitrogen and oxygen atoms in total. The number of hydrogen-bond donors (Lipinski definition) is 1. The van der Waals surface area contributed by atoms with E-state index in [0.717, 1.165) is 21.0 Å². The Balaban J connectivity index is 1.92. The van der Waals surface area contributed by atoms with Gasteiger partial charge in [0.05, 0.1) is 23.7 Å². The molecular formula is C25H28N2O4S. The normalized spacial score (nSPS) is 12.1. The number of benzene rings is 3. The van der Waals surface area contributed by atoms with Crippen LogP contribution in [0.4, 0.5) is 5.69 Å². The molecule has 0 saturated carbocycles. The van der Waals surface area contributed by atoms with E-state index in [1.54, 1.807) is 43.5 Å². The number of anilines is 1. The average molecular weight is 453 g/mol. The molecule has 0 unspecified atom stereocenters. The molecule has 3 aromatic carbocycles. The first kappa shape index (κ1) is 23.3. The quantitative estimate of drug-likeness (QED) is 0.550. The number of sulfonamides is 1. The van der Waals surface area contributed by atoms with Gasteiger partial charge in [-0.3, -0.25) is 9.10 Å². The van der Waals surface area contributed by atoms with Crippen molar-refractivity contribution in [3.63, 3.8) is 0 Å². The lowest BCUT2D eigenvalue weighted by molar-refractivity contribution is -0.120. The first-order valence-corrected chi connectivity index (χ1v) is 11.8. The molecule has 0 radical (unpaired) electrons. The van der Waals surface area contributed by atoms with Crippen LogP contribution in [0.15, 0.2) is 77.7 Å². The largest absolute Gasteiger partial charge is 0.496 e. The van der Waals surface area contributed by atoms with Gasteiger partial charge in [0.1, 0.15) is 12.3 Å². The zero-order valence-corrected chi connectivity index (χ0v) is 19.5. The number of amides is 1. The topological polar surface area (TPSA) is 75.7 Å². The van der Waals surface area contributed by atoms with Gasteiger partial charge in [-0.05, 0) is 50.6 Å². The summed E-state index contributed by atoms with van der Waals surface area (Å²) in [7, 11) is -2.38. The number of nitrogens with zero attached hydrogens (tertiary/aromatic N) is 1. The second-order valence-corrected chi connectivity index (χ2v) is 9.50. The second-order valence-electron chi connectivity index (χ2n) is 7.64. The maximum Gasteiger partial charge on any atom is 0.264 e. The van der Waals surface area contributed by atoms with Crippen LogP contribution in [-0.4, -0.2) is 28.0 Å². The number of rotatable bonds is 8. The highest BCUT2D eigenvalue weighted by atomic mass is 32.2. The predicted molar refractivity (Wildman–Crippen MR) is 126 cm³/mol. The van der Waals surface area contributed by atoms with Crippen LogP contribution in [0.2, 0.25) is 0 Å². The van der Waals surface area contributed by atoms with Gasteiger partial charge < -0.3 is 10.1 Å². The van der Waals surface area contributed by atoms with Gasteiger partial charge in [0.2, 0.25) is 5.91 Å². The number of nitrogens with one attached hydrogen (secondary N) is 1. The Labute approximate surface area is 189 Å². The van der Waals surface area contributed by atoms with E-state index in [9.17, 15) is 13.2 Å². The first-order valence-electron chi connectivity index (χ1n) is 10.3. The molecule has 0 aromatic heterocycles. The Hall–Kier alpha value is -3.32. The molecule has 0 fully saturated rings. The third-order valence-corrected chi connectivity index (χ3v) is 7.04. The number of ether oxygens (including phenoxy) is 1. The van der Waals surface area contributed by atoms with Crippen molar-refractivity contribution in [2.75, 3.05) is 18.0 Å². The molecule has 0 aliphatic carbocycles. The molecule has 1 N–H and O–H groups in total. The number of methoxy groups -OCH3 is 1. The summed E-state index contributed by atoms with van der Waals surface area (Å²) in [6.45, 7) is 5.20. The van der Waals surface area contributed by atoms with Crippen molar-refractivity contribution in [2.24, 2.45) is 0 Å². The molecule has 7 heteroatoms. The van der Waals surface area contributed by atoms with Crippen LogP contribution in [0.3, 0.4) is 0 Å². The van der Waals surface area contributed by atoms with E-state index in [-0.39, 0.29) is 17.5 Å². The summed E-state index contributed by atoms with van der Waals surface area (Å²) in [6, 6.07) is 20.8. The minimum atomic E-state index is -3.95. The highest BCUT2D eigenvalue weighted by Gasteiger charge is 2.28. The SMILES string of the molecule is COc1ccccc1[C@@H](C)NC(=O)CN(c1ccccc1C)S(=O)(=O)c1ccc(C)cc1. The lowest BCUT2D eigenvalue weighted by Gasteiger charge is -2.26. The van der Waals surface area contributed by atoms with Gasteiger partial charge in [-0.1, -0.05) is 54.1 Å². The minimum Gasteiger partial charge on any atom is -0.496 e. The zero-order valence-electron chi connectivity index (χ0n) is 18.7. The number of carbonyl (C=O) groups is 1.